The summed E-state index contributed by atoms with van der Waals surface area (Å²) in [7, 11) is 1.58. The molecule has 4 nitrogen and oxygen atoms in total. The van der Waals surface area contributed by atoms with Crippen LogP contribution in [-0.4, -0.2) is 13.0 Å². The lowest BCUT2D eigenvalue weighted by Gasteiger charge is -2.12. The van der Waals surface area contributed by atoms with Gasteiger partial charge in [-0.2, -0.15) is 0 Å². The van der Waals surface area contributed by atoms with E-state index in [1.54, 1.807) is 13.2 Å². The highest BCUT2D eigenvalue weighted by molar-refractivity contribution is 5.92. The minimum Gasteiger partial charge on any atom is -0.495 e. The van der Waals surface area contributed by atoms with Crippen molar-refractivity contribution >= 4 is 11.6 Å². The molecule has 2 aromatic carbocycles. The lowest BCUT2D eigenvalue weighted by molar-refractivity contribution is 0.1000. The van der Waals surface area contributed by atoms with Crippen LogP contribution in [-0.2, 0) is 6.54 Å². The average molecular weight is 288 g/mol. The Kier molecular flexibility index (Phi) is 4.42. The number of aryl methyl sites for hydroxylation is 1. The second kappa shape index (κ2) is 6.26. The van der Waals surface area contributed by atoms with Crippen LogP contribution in [0.5, 0.6) is 5.75 Å². The summed E-state index contributed by atoms with van der Waals surface area (Å²) in [4.78, 5) is 11.0. The number of amides is 1. The molecule has 0 aromatic heterocycles. The van der Waals surface area contributed by atoms with Crippen molar-refractivity contribution in [2.75, 3.05) is 12.4 Å². The summed E-state index contributed by atoms with van der Waals surface area (Å²) in [6, 6.07) is 9.92. The molecule has 0 saturated carbocycles. The second-order valence-corrected chi connectivity index (χ2v) is 4.73. The molecule has 0 fully saturated rings. The molecule has 0 bridgehead atoms. The van der Waals surface area contributed by atoms with Gasteiger partial charge in [-0.1, -0.05) is 12.1 Å². The molecular formula is C16H17FN2O2. The summed E-state index contributed by atoms with van der Waals surface area (Å²) in [6.07, 6.45) is 0. The molecule has 0 radical (unpaired) electrons. The minimum atomic E-state index is -0.645. The molecule has 5 heteroatoms. The van der Waals surface area contributed by atoms with Crippen LogP contribution in [0.2, 0.25) is 0 Å². The van der Waals surface area contributed by atoms with Crippen LogP contribution in [0, 0.1) is 12.7 Å². The van der Waals surface area contributed by atoms with Crippen molar-refractivity contribution < 1.29 is 13.9 Å². The van der Waals surface area contributed by atoms with Gasteiger partial charge in [-0.15, -0.1) is 0 Å². The van der Waals surface area contributed by atoms with Crippen LogP contribution < -0.4 is 15.8 Å². The van der Waals surface area contributed by atoms with Gasteiger partial charge >= 0.3 is 0 Å². The number of benzene rings is 2. The highest BCUT2D eigenvalue weighted by atomic mass is 19.1. The first-order chi connectivity index (χ1) is 10.0. The fourth-order valence-corrected chi connectivity index (χ4v) is 1.99. The van der Waals surface area contributed by atoms with Gasteiger partial charge in [0.15, 0.2) is 0 Å². The largest absolute Gasteiger partial charge is 0.495 e. The Hall–Kier alpha value is -2.56. The maximum absolute atomic E-state index is 13.9. The molecule has 1 amide bonds. The molecule has 0 spiro atoms. The van der Waals surface area contributed by atoms with Gasteiger partial charge in [-0.3, -0.25) is 4.79 Å². The molecule has 3 N–H and O–H groups in total. The number of nitrogens with one attached hydrogen (secondary N) is 1. The Bertz CT molecular complexity index is 671. The third-order valence-electron chi connectivity index (χ3n) is 3.16. The van der Waals surface area contributed by atoms with Crippen LogP contribution in [0.25, 0.3) is 0 Å². The molecule has 21 heavy (non-hydrogen) atoms. The van der Waals surface area contributed by atoms with E-state index in [1.807, 2.05) is 25.1 Å². The summed E-state index contributed by atoms with van der Waals surface area (Å²) >= 11 is 0. The standard InChI is InChI=1S/C16H17FN2O2/c1-10-3-6-15(21-2)14(7-10)19-9-12-5-4-11(16(18)20)8-13(12)17/h3-8,19H,9H2,1-2H3,(H2,18,20). The zero-order chi connectivity index (χ0) is 15.4. The summed E-state index contributed by atoms with van der Waals surface area (Å²) in [5.74, 6) is -0.422. The predicted octanol–water partition coefficient (Wildman–Crippen LogP) is 2.85. The maximum atomic E-state index is 13.9. The number of hydrogen-bond acceptors (Lipinski definition) is 3. The van der Waals surface area contributed by atoms with E-state index < -0.39 is 11.7 Å². The number of carbonyl (C=O) groups excluding carboxylic acids is 1. The van der Waals surface area contributed by atoms with Crippen molar-refractivity contribution in [3.63, 3.8) is 0 Å². The first-order valence-corrected chi connectivity index (χ1v) is 6.48. The van der Waals surface area contributed by atoms with Crippen LogP contribution >= 0.6 is 0 Å². The number of primary amides is 1. The molecule has 2 aromatic rings. The number of nitrogens with two attached hydrogens (primary N) is 1. The van der Waals surface area contributed by atoms with Gasteiger partial charge in [0.1, 0.15) is 11.6 Å². The molecular weight excluding hydrogens is 271 g/mol. The van der Waals surface area contributed by atoms with Gasteiger partial charge in [0.25, 0.3) is 0 Å². The number of methoxy groups -OCH3 is 1. The van der Waals surface area contributed by atoms with Gasteiger partial charge in [0.2, 0.25) is 5.91 Å². The van der Waals surface area contributed by atoms with E-state index in [-0.39, 0.29) is 12.1 Å². The molecule has 0 atom stereocenters. The van der Waals surface area contributed by atoms with E-state index in [0.29, 0.717) is 11.3 Å². The van der Waals surface area contributed by atoms with Crippen molar-refractivity contribution in [2.24, 2.45) is 5.73 Å². The number of rotatable bonds is 5. The average Bonchev–Trinajstić information content (AvgIpc) is 2.46. The fourth-order valence-electron chi connectivity index (χ4n) is 1.99. The van der Waals surface area contributed by atoms with Gasteiger partial charge in [0.05, 0.1) is 12.8 Å². The van der Waals surface area contributed by atoms with Crippen molar-refractivity contribution in [3.8, 4) is 5.75 Å². The lowest BCUT2D eigenvalue weighted by Crippen LogP contribution is -2.12. The Morgan fingerprint density at radius 2 is 2.05 bits per heavy atom. The highest BCUT2D eigenvalue weighted by Gasteiger charge is 2.08. The van der Waals surface area contributed by atoms with E-state index >= 15 is 0 Å². The maximum Gasteiger partial charge on any atom is 0.248 e. The molecule has 0 aliphatic heterocycles. The smallest absolute Gasteiger partial charge is 0.248 e. The number of hydrogen-bond donors (Lipinski definition) is 2. The predicted molar refractivity (Wildman–Crippen MR) is 80.0 cm³/mol. The van der Waals surface area contributed by atoms with Gasteiger partial charge in [0, 0.05) is 17.7 Å². The van der Waals surface area contributed by atoms with E-state index in [2.05, 4.69) is 5.32 Å². The first kappa shape index (κ1) is 14.8. The molecule has 0 saturated heterocycles. The summed E-state index contributed by atoms with van der Waals surface area (Å²) in [5, 5.41) is 3.13. The monoisotopic (exact) mass is 288 g/mol. The summed E-state index contributed by atoms with van der Waals surface area (Å²) < 4.78 is 19.1. The third kappa shape index (κ3) is 3.51. The minimum absolute atomic E-state index is 0.157. The zero-order valence-corrected chi connectivity index (χ0v) is 11.9. The highest BCUT2D eigenvalue weighted by Crippen LogP contribution is 2.26. The van der Waals surface area contributed by atoms with Crippen LogP contribution in [0.3, 0.4) is 0 Å². The van der Waals surface area contributed by atoms with E-state index in [9.17, 15) is 9.18 Å². The van der Waals surface area contributed by atoms with Crippen LogP contribution in [0.1, 0.15) is 21.5 Å². The van der Waals surface area contributed by atoms with E-state index in [0.717, 1.165) is 17.3 Å². The lowest BCUT2D eigenvalue weighted by atomic mass is 10.1. The Labute approximate surface area is 122 Å². The van der Waals surface area contributed by atoms with E-state index in [4.69, 9.17) is 10.5 Å². The Balaban J connectivity index is 2.17. The fraction of sp³-hybridized carbons (Fsp3) is 0.188. The molecule has 110 valence electrons. The molecule has 0 aliphatic rings. The van der Waals surface area contributed by atoms with Gasteiger partial charge in [-0.05, 0) is 36.8 Å². The van der Waals surface area contributed by atoms with Crippen molar-refractivity contribution in [2.45, 2.75) is 13.5 Å². The van der Waals surface area contributed by atoms with Gasteiger partial charge < -0.3 is 15.8 Å². The number of halogens is 1. The molecule has 2 rings (SSSR count). The Morgan fingerprint density at radius 3 is 2.67 bits per heavy atom. The number of carbonyl (C=O) groups is 1. The topological polar surface area (TPSA) is 64.3 Å². The van der Waals surface area contributed by atoms with E-state index in [1.165, 1.54) is 6.07 Å². The number of ether oxygens (including phenoxy) is 1. The Morgan fingerprint density at radius 1 is 1.29 bits per heavy atom. The third-order valence-corrected chi connectivity index (χ3v) is 3.16. The SMILES string of the molecule is COc1ccc(C)cc1NCc1ccc(C(N)=O)cc1F. The van der Waals surface area contributed by atoms with Crippen LogP contribution in [0.15, 0.2) is 36.4 Å². The molecule has 0 unspecified atom stereocenters. The first-order valence-electron chi connectivity index (χ1n) is 6.48. The normalized spacial score (nSPS) is 10.2. The number of anilines is 1. The van der Waals surface area contributed by atoms with Crippen LogP contribution in [0.4, 0.5) is 10.1 Å². The molecule has 0 heterocycles. The van der Waals surface area contributed by atoms with Crippen molar-refractivity contribution in [1.82, 2.24) is 0 Å². The van der Waals surface area contributed by atoms with Crippen molar-refractivity contribution in [3.05, 3.63) is 58.9 Å². The van der Waals surface area contributed by atoms with Gasteiger partial charge in [-0.25, -0.2) is 4.39 Å². The summed E-state index contributed by atoms with van der Waals surface area (Å²) in [5.41, 5.74) is 7.58. The quantitative estimate of drug-likeness (QED) is 0.889. The summed E-state index contributed by atoms with van der Waals surface area (Å²) in [6.45, 7) is 2.25. The molecule has 0 aliphatic carbocycles. The van der Waals surface area contributed by atoms with Crippen molar-refractivity contribution in [1.29, 1.82) is 0 Å². The zero-order valence-electron chi connectivity index (χ0n) is 11.9. The second-order valence-electron chi connectivity index (χ2n) is 4.73.